The van der Waals surface area contributed by atoms with Crippen molar-refractivity contribution >= 4 is 23.0 Å². The molecule has 2 aromatic rings. The van der Waals surface area contributed by atoms with Crippen molar-refractivity contribution in [1.29, 1.82) is 5.26 Å². The lowest BCUT2D eigenvalue weighted by atomic mass is 9.98. The number of rotatable bonds is 1. The van der Waals surface area contributed by atoms with Gasteiger partial charge in [0, 0.05) is 23.8 Å². The van der Waals surface area contributed by atoms with Crippen LogP contribution in [0.15, 0.2) is 36.4 Å². The molecular formula is C16H14ClN3. The normalized spacial score (nSPS) is 13.7. The third-order valence-corrected chi connectivity index (χ3v) is 3.90. The molecule has 0 bridgehead atoms. The van der Waals surface area contributed by atoms with Gasteiger partial charge in [-0.1, -0.05) is 17.7 Å². The predicted octanol–water partition coefficient (Wildman–Crippen LogP) is 3.36. The molecule has 0 radical (unpaired) electrons. The quantitative estimate of drug-likeness (QED) is 0.817. The molecule has 0 amide bonds. The molecule has 0 atom stereocenters. The molecule has 3 rings (SSSR count). The van der Waals surface area contributed by atoms with Gasteiger partial charge in [-0.15, -0.1) is 0 Å². The Kier molecular flexibility index (Phi) is 3.25. The maximum absolute atomic E-state index is 9.24. The Hall–Kier alpha value is -2.18. The van der Waals surface area contributed by atoms with Crippen LogP contribution >= 0.6 is 11.6 Å². The molecule has 3 nitrogen and oxygen atoms in total. The molecule has 1 aliphatic heterocycles. The van der Waals surface area contributed by atoms with Gasteiger partial charge in [0.1, 0.15) is 6.07 Å². The van der Waals surface area contributed by atoms with E-state index in [9.17, 15) is 5.26 Å². The van der Waals surface area contributed by atoms with Crippen molar-refractivity contribution in [3.63, 3.8) is 0 Å². The molecule has 0 saturated carbocycles. The lowest BCUT2D eigenvalue weighted by molar-refractivity contribution is 0.731. The first-order valence-corrected chi connectivity index (χ1v) is 6.87. The van der Waals surface area contributed by atoms with Gasteiger partial charge in [0.05, 0.1) is 11.3 Å². The van der Waals surface area contributed by atoms with Gasteiger partial charge in [0.2, 0.25) is 0 Å². The number of hydrogen-bond donors (Lipinski definition) is 1. The van der Waals surface area contributed by atoms with Gasteiger partial charge in [0.25, 0.3) is 0 Å². The van der Waals surface area contributed by atoms with Crippen LogP contribution in [0.5, 0.6) is 0 Å². The first-order valence-electron chi connectivity index (χ1n) is 6.49. The van der Waals surface area contributed by atoms with Crippen LogP contribution in [0.2, 0.25) is 5.02 Å². The average molecular weight is 284 g/mol. The molecule has 0 saturated heterocycles. The van der Waals surface area contributed by atoms with Crippen LogP contribution in [0.3, 0.4) is 0 Å². The molecule has 0 spiro atoms. The van der Waals surface area contributed by atoms with Gasteiger partial charge in [-0.05, 0) is 47.9 Å². The molecule has 1 aliphatic rings. The Morgan fingerprint density at radius 1 is 1.15 bits per heavy atom. The minimum atomic E-state index is 0.650. The number of nitrogens with two attached hydrogens (primary N) is 1. The van der Waals surface area contributed by atoms with Crippen molar-refractivity contribution in [3.05, 3.63) is 58.1 Å². The second kappa shape index (κ2) is 5.07. The highest BCUT2D eigenvalue weighted by Crippen LogP contribution is 2.30. The second-order valence-corrected chi connectivity index (χ2v) is 5.41. The third kappa shape index (κ3) is 2.31. The Balaban J connectivity index is 1.98. The summed E-state index contributed by atoms with van der Waals surface area (Å²) in [5, 5.41) is 9.89. The molecular weight excluding hydrogens is 270 g/mol. The van der Waals surface area contributed by atoms with Gasteiger partial charge in [0.15, 0.2) is 0 Å². The summed E-state index contributed by atoms with van der Waals surface area (Å²) in [6.45, 7) is 1.64. The Morgan fingerprint density at radius 2 is 2.00 bits per heavy atom. The van der Waals surface area contributed by atoms with E-state index < -0.39 is 0 Å². The van der Waals surface area contributed by atoms with E-state index in [4.69, 9.17) is 17.3 Å². The topological polar surface area (TPSA) is 53.0 Å². The standard InChI is InChI=1S/C16H14ClN3/c17-14-3-1-12(9-18)16(8-14)20-6-5-11-2-4-15(19)7-13(11)10-20/h1-4,7-8H,5-6,10,19H2. The number of hydrogen-bond acceptors (Lipinski definition) is 3. The minimum Gasteiger partial charge on any atom is -0.399 e. The van der Waals surface area contributed by atoms with Crippen LogP contribution < -0.4 is 10.6 Å². The fraction of sp³-hybridized carbons (Fsp3) is 0.188. The van der Waals surface area contributed by atoms with E-state index in [0.717, 1.165) is 30.9 Å². The number of nitrogens with zero attached hydrogens (tertiary/aromatic N) is 2. The molecule has 0 fully saturated rings. The SMILES string of the molecule is N#Cc1ccc(Cl)cc1N1CCc2ccc(N)cc2C1. The van der Waals surface area contributed by atoms with E-state index in [0.29, 0.717) is 10.6 Å². The van der Waals surface area contributed by atoms with E-state index >= 15 is 0 Å². The van der Waals surface area contributed by atoms with Crippen molar-refractivity contribution in [2.45, 2.75) is 13.0 Å². The van der Waals surface area contributed by atoms with E-state index in [1.807, 2.05) is 18.2 Å². The zero-order chi connectivity index (χ0) is 14.1. The molecule has 20 heavy (non-hydrogen) atoms. The van der Waals surface area contributed by atoms with Crippen LogP contribution in [0.4, 0.5) is 11.4 Å². The number of halogens is 1. The Bertz CT molecular complexity index is 703. The predicted molar refractivity (Wildman–Crippen MR) is 81.8 cm³/mol. The summed E-state index contributed by atoms with van der Waals surface area (Å²) in [6, 6.07) is 13.6. The average Bonchev–Trinajstić information content (AvgIpc) is 2.46. The molecule has 4 heteroatoms. The van der Waals surface area contributed by atoms with E-state index in [2.05, 4.69) is 17.0 Å². The molecule has 0 aliphatic carbocycles. The highest BCUT2D eigenvalue weighted by Gasteiger charge is 2.19. The monoisotopic (exact) mass is 283 g/mol. The maximum Gasteiger partial charge on any atom is 0.101 e. The highest BCUT2D eigenvalue weighted by molar-refractivity contribution is 6.30. The first kappa shape index (κ1) is 12.8. The summed E-state index contributed by atoms with van der Waals surface area (Å²) < 4.78 is 0. The summed E-state index contributed by atoms with van der Waals surface area (Å²) in [4.78, 5) is 2.19. The summed E-state index contributed by atoms with van der Waals surface area (Å²) in [5.41, 5.74) is 10.7. The molecule has 1 heterocycles. The summed E-state index contributed by atoms with van der Waals surface area (Å²) >= 11 is 6.06. The molecule has 2 N–H and O–H groups in total. The fourth-order valence-electron chi connectivity index (χ4n) is 2.64. The summed E-state index contributed by atoms with van der Waals surface area (Å²) in [6.07, 6.45) is 0.951. The van der Waals surface area contributed by atoms with Crippen molar-refractivity contribution < 1.29 is 0 Å². The van der Waals surface area contributed by atoms with Crippen molar-refractivity contribution in [2.24, 2.45) is 0 Å². The number of nitriles is 1. The third-order valence-electron chi connectivity index (χ3n) is 3.66. The Morgan fingerprint density at radius 3 is 2.80 bits per heavy atom. The van der Waals surface area contributed by atoms with Gasteiger partial charge in [-0.25, -0.2) is 0 Å². The number of nitrogen functional groups attached to an aromatic ring is 1. The summed E-state index contributed by atoms with van der Waals surface area (Å²) in [7, 11) is 0. The first-order chi connectivity index (χ1) is 9.67. The zero-order valence-corrected chi connectivity index (χ0v) is 11.7. The van der Waals surface area contributed by atoms with Crippen molar-refractivity contribution in [1.82, 2.24) is 0 Å². The Labute approximate surface area is 123 Å². The lowest BCUT2D eigenvalue weighted by Gasteiger charge is -2.31. The van der Waals surface area contributed by atoms with E-state index in [1.165, 1.54) is 11.1 Å². The smallest absolute Gasteiger partial charge is 0.101 e. The fourth-order valence-corrected chi connectivity index (χ4v) is 2.81. The number of benzene rings is 2. The second-order valence-electron chi connectivity index (χ2n) is 4.97. The largest absolute Gasteiger partial charge is 0.399 e. The highest BCUT2D eigenvalue weighted by atomic mass is 35.5. The van der Waals surface area contributed by atoms with Crippen molar-refractivity contribution in [3.8, 4) is 6.07 Å². The van der Waals surface area contributed by atoms with Gasteiger partial charge in [-0.2, -0.15) is 5.26 Å². The number of anilines is 2. The van der Waals surface area contributed by atoms with E-state index in [-0.39, 0.29) is 0 Å². The molecule has 100 valence electrons. The molecule has 2 aromatic carbocycles. The maximum atomic E-state index is 9.24. The molecule has 0 aromatic heterocycles. The van der Waals surface area contributed by atoms with Crippen LogP contribution in [-0.4, -0.2) is 6.54 Å². The van der Waals surface area contributed by atoms with Crippen molar-refractivity contribution in [2.75, 3.05) is 17.2 Å². The van der Waals surface area contributed by atoms with Crippen LogP contribution in [0.1, 0.15) is 16.7 Å². The van der Waals surface area contributed by atoms with Crippen LogP contribution in [0.25, 0.3) is 0 Å². The van der Waals surface area contributed by atoms with Gasteiger partial charge in [-0.3, -0.25) is 0 Å². The van der Waals surface area contributed by atoms with Gasteiger partial charge < -0.3 is 10.6 Å². The van der Waals surface area contributed by atoms with E-state index in [1.54, 1.807) is 12.1 Å². The van der Waals surface area contributed by atoms with Gasteiger partial charge >= 0.3 is 0 Å². The number of fused-ring (bicyclic) bond motifs is 1. The van der Waals surface area contributed by atoms with Crippen LogP contribution in [0, 0.1) is 11.3 Å². The van der Waals surface area contributed by atoms with Crippen LogP contribution in [-0.2, 0) is 13.0 Å². The molecule has 0 unspecified atom stereocenters. The lowest BCUT2D eigenvalue weighted by Crippen LogP contribution is -2.31. The minimum absolute atomic E-state index is 0.650. The zero-order valence-electron chi connectivity index (χ0n) is 10.9. The summed E-state index contributed by atoms with van der Waals surface area (Å²) in [5.74, 6) is 0.